The lowest BCUT2D eigenvalue weighted by atomic mass is 10.4. The van der Waals surface area contributed by atoms with Crippen LogP contribution in [0.3, 0.4) is 0 Å². The van der Waals surface area contributed by atoms with Crippen molar-refractivity contribution in [2.45, 2.75) is 6.42 Å². The summed E-state index contributed by atoms with van der Waals surface area (Å²) in [6.07, 6.45) is 2.28. The van der Waals surface area contributed by atoms with Crippen molar-refractivity contribution < 1.29 is 9.32 Å². The van der Waals surface area contributed by atoms with E-state index < -0.39 is 0 Å². The van der Waals surface area contributed by atoms with Gasteiger partial charge in [-0.1, -0.05) is 21.1 Å². The number of nitrogens with one attached hydrogen (secondary N) is 1. The summed E-state index contributed by atoms with van der Waals surface area (Å²) in [5.74, 6) is -0.190. The summed E-state index contributed by atoms with van der Waals surface area (Å²) in [5.41, 5.74) is 0.324. The molecule has 1 aromatic rings. The molecule has 66 valence electrons. The number of amides is 1. The van der Waals surface area contributed by atoms with E-state index >= 15 is 0 Å². The van der Waals surface area contributed by atoms with Crippen molar-refractivity contribution in [3.05, 3.63) is 18.0 Å². The molecule has 4 nitrogen and oxygen atoms in total. The molecule has 5 heteroatoms. The largest absolute Gasteiger partial charge is 0.364 e. The second kappa shape index (κ2) is 4.92. The van der Waals surface area contributed by atoms with E-state index in [0.717, 1.165) is 11.8 Å². The van der Waals surface area contributed by atoms with Crippen molar-refractivity contribution in [3.8, 4) is 0 Å². The van der Waals surface area contributed by atoms with Crippen LogP contribution in [0.2, 0.25) is 0 Å². The minimum atomic E-state index is -0.190. The predicted molar refractivity (Wildman–Crippen MR) is 47.2 cm³/mol. The van der Waals surface area contributed by atoms with E-state index in [0.29, 0.717) is 12.2 Å². The maximum Gasteiger partial charge on any atom is 0.273 e. The molecule has 1 heterocycles. The van der Waals surface area contributed by atoms with Gasteiger partial charge in [-0.3, -0.25) is 4.79 Å². The molecule has 0 aliphatic rings. The van der Waals surface area contributed by atoms with E-state index in [4.69, 9.17) is 0 Å². The lowest BCUT2D eigenvalue weighted by Crippen LogP contribution is -2.24. The molecule has 1 rings (SSSR count). The van der Waals surface area contributed by atoms with Crippen molar-refractivity contribution >= 4 is 21.8 Å². The Labute approximate surface area is 78.4 Å². The Hall–Kier alpha value is -0.840. The molecule has 0 fully saturated rings. The van der Waals surface area contributed by atoms with E-state index in [1.165, 1.54) is 12.3 Å². The summed E-state index contributed by atoms with van der Waals surface area (Å²) in [5, 5.41) is 7.07. The molecule has 0 atom stereocenters. The van der Waals surface area contributed by atoms with E-state index in [1.54, 1.807) is 0 Å². The monoisotopic (exact) mass is 232 g/mol. The number of carbonyl (C=O) groups is 1. The van der Waals surface area contributed by atoms with Gasteiger partial charge in [-0.05, 0) is 6.42 Å². The van der Waals surface area contributed by atoms with Gasteiger partial charge in [0.05, 0.1) is 0 Å². The number of rotatable bonds is 4. The highest BCUT2D eigenvalue weighted by molar-refractivity contribution is 9.09. The maximum absolute atomic E-state index is 11.1. The number of hydrogen-bond acceptors (Lipinski definition) is 3. The molecule has 0 aromatic carbocycles. The first kappa shape index (κ1) is 9.25. The molecule has 0 spiro atoms. The standard InChI is InChI=1S/C7H9BrN2O2/c8-3-1-4-9-7(11)6-2-5-12-10-6/h2,5H,1,3-4H2,(H,9,11). The maximum atomic E-state index is 11.1. The van der Waals surface area contributed by atoms with Crippen molar-refractivity contribution in [1.29, 1.82) is 0 Å². The number of carbonyl (C=O) groups excluding carboxylic acids is 1. The Kier molecular flexibility index (Phi) is 3.79. The fraction of sp³-hybridized carbons (Fsp3) is 0.429. The molecule has 0 unspecified atom stereocenters. The molecule has 0 aliphatic carbocycles. The number of nitrogens with zero attached hydrogens (tertiary/aromatic N) is 1. The van der Waals surface area contributed by atoms with Gasteiger partial charge >= 0.3 is 0 Å². The van der Waals surface area contributed by atoms with Gasteiger partial charge in [-0.2, -0.15) is 0 Å². The average molecular weight is 233 g/mol. The molecular formula is C7H9BrN2O2. The second-order valence-electron chi connectivity index (χ2n) is 2.18. The zero-order chi connectivity index (χ0) is 8.81. The quantitative estimate of drug-likeness (QED) is 0.627. The Morgan fingerprint density at radius 1 is 1.75 bits per heavy atom. The van der Waals surface area contributed by atoms with Crippen LogP contribution >= 0.6 is 15.9 Å². The normalized spacial score (nSPS) is 9.75. The SMILES string of the molecule is O=C(NCCCBr)c1ccon1. The smallest absolute Gasteiger partial charge is 0.273 e. The summed E-state index contributed by atoms with van der Waals surface area (Å²) in [6, 6.07) is 1.53. The van der Waals surface area contributed by atoms with Gasteiger partial charge in [0, 0.05) is 17.9 Å². The third kappa shape index (κ3) is 2.65. The highest BCUT2D eigenvalue weighted by Gasteiger charge is 2.06. The topological polar surface area (TPSA) is 55.1 Å². The third-order valence-corrected chi connectivity index (χ3v) is 1.83. The summed E-state index contributed by atoms with van der Waals surface area (Å²) in [4.78, 5) is 11.1. The third-order valence-electron chi connectivity index (χ3n) is 1.27. The molecule has 0 radical (unpaired) electrons. The second-order valence-corrected chi connectivity index (χ2v) is 2.98. The van der Waals surface area contributed by atoms with Crippen LogP contribution < -0.4 is 5.32 Å². The Balaban J connectivity index is 2.30. The minimum absolute atomic E-state index is 0.190. The molecule has 0 bridgehead atoms. The van der Waals surface area contributed by atoms with Gasteiger partial charge in [0.1, 0.15) is 6.26 Å². The molecule has 0 aliphatic heterocycles. The van der Waals surface area contributed by atoms with E-state index in [1.807, 2.05) is 0 Å². The van der Waals surface area contributed by atoms with E-state index in [9.17, 15) is 4.79 Å². The van der Waals surface area contributed by atoms with Crippen LogP contribution in [0.25, 0.3) is 0 Å². The van der Waals surface area contributed by atoms with Crippen molar-refractivity contribution in [2.75, 3.05) is 11.9 Å². The lowest BCUT2D eigenvalue weighted by Gasteiger charge is -1.98. The Morgan fingerprint density at radius 3 is 3.17 bits per heavy atom. The van der Waals surface area contributed by atoms with Crippen LogP contribution in [0, 0.1) is 0 Å². The molecular weight excluding hydrogens is 224 g/mol. The number of alkyl halides is 1. The molecule has 0 saturated carbocycles. The summed E-state index contributed by atoms with van der Waals surface area (Å²) >= 11 is 3.26. The van der Waals surface area contributed by atoms with Crippen molar-refractivity contribution in [3.63, 3.8) is 0 Å². The first-order chi connectivity index (χ1) is 5.84. The van der Waals surface area contributed by atoms with Crippen LogP contribution in [0.15, 0.2) is 16.9 Å². The van der Waals surface area contributed by atoms with Gasteiger partial charge in [0.25, 0.3) is 5.91 Å². The molecule has 1 aromatic heterocycles. The number of aromatic nitrogens is 1. The van der Waals surface area contributed by atoms with Gasteiger partial charge in [0.15, 0.2) is 5.69 Å². The van der Waals surface area contributed by atoms with Crippen LogP contribution in [0.1, 0.15) is 16.9 Å². The predicted octanol–water partition coefficient (Wildman–Crippen LogP) is 1.19. The first-order valence-electron chi connectivity index (χ1n) is 3.59. The van der Waals surface area contributed by atoms with Crippen molar-refractivity contribution in [2.24, 2.45) is 0 Å². The average Bonchev–Trinajstić information content (AvgIpc) is 2.56. The number of halogens is 1. The number of hydrogen-bond donors (Lipinski definition) is 1. The van der Waals surface area contributed by atoms with Gasteiger partial charge in [-0.15, -0.1) is 0 Å². The van der Waals surface area contributed by atoms with E-state index in [2.05, 4.69) is 30.9 Å². The highest BCUT2D eigenvalue weighted by atomic mass is 79.9. The Morgan fingerprint density at radius 2 is 2.58 bits per heavy atom. The fourth-order valence-electron chi connectivity index (χ4n) is 0.689. The zero-order valence-electron chi connectivity index (χ0n) is 6.42. The van der Waals surface area contributed by atoms with Gasteiger partial charge < -0.3 is 9.84 Å². The van der Waals surface area contributed by atoms with Crippen LogP contribution in [0.4, 0.5) is 0 Å². The van der Waals surface area contributed by atoms with E-state index in [-0.39, 0.29) is 5.91 Å². The molecule has 12 heavy (non-hydrogen) atoms. The lowest BCUT2D eigenvalue weighted by molar-refractivity contribution is 0.0945. The molecule has 1 N–H and O–H groups in total. The fourth-order valence-corrected chi connectivity index (χ4v) is 0.969. The van der Waals surface area contributed by atoms with Crippen molar-refractivity contribution in [1.82, 2.24) is 10.5 Å². The minimum Gasteiger partial charge on any atom is -0.364 e. The van der Waals surface area contributed by atoms with Gasteiger partial charge in [-0.25, -0.2) is 0 Å². The summed E-state index contributed by atoms with van der Waals surface area (Å²) in [7, 11) is 0. The molecule has 1 amide bonds. The summed E-state index contributed by atoms with van der Waals surface area (Å²) < 4.78 is 4.52. The highest BCUT2D eigenvalue weighted by Crippen LogP contribution is 1.93. The van der Waals surface area contributed by atoms with Crippen LogP contribution in [0.5, 0.6) is 0 Å². The zero-order valence-corrected chi connectivity index (χ0v) is 8.00. The first-order valence-corrected chi connectivity index (χ1v) is 4.71. The van der Waals surface area contributed by atoms with Gasteiger partial charge in [0.2, 0.25) is 0 Å². The summed E-state index contributed by atoms with van der Waals surface area (Å²) in [6.45, 7) is 0.650. The van der Waals surface area contributed by atoms with Crippen LogP contribution in [-0.2, 0) is 0 Å². The van der Waals surface area contributed by atoms with Crippen LogP contribution in [-0.4, -0.2) is 22.9 Å². The molecule has 0 saturated heterocycles. The Bertz CT molecular complexity index is 236.